The van der Waals surface area contributed by atoms with E-state index in [-0.39, 0.29) is 10.9 Å². The molecule has 2 N–H and O–H groups in total. The molecule has 1 aliphatic rings. The Kier molecular flexibility index (Phi) is 4.39. The maximum Gasteiger partial charge on any atom is 0.328 e. The number of carboxylic acids is 1. The molecule has 0 heterocycles. The molecule has 1 fully saturated rings. The molecule has 1 atom stereocenters. The van der Waals surface area contributed by atoms with Gasteiger partial charge in [-0.05, 0) is 37.5 Å². The van der Waals surface area contributed by atoms with E-state index < -0.39 is 21.3 Å². The van der Waals surface area contributed by atoms with Crippen LogP contribution in [0.3, 0.4) is 0 Å². The van der Waals surface area contributed by atoms with E-state index in [2.05, 4.69) is 5.32 Å². The number of aliphatic carboxylic acids is 1. The molecule has 0 aliphatic heterocycles. The lowest BCUT2D eigenvalue weighted by molar-refractivity contribution is -0.145. The average Bonchev–Trinajstić information content (AvgIpc) is 2.90. The smallest absolute Gasteiger partial charge is 0.328 e. The topological polar surface area (TPSA) is 83.5 Å². The van der Waals surface area contributed by atoms with Crippen LogP contribution < -0.4 is 5.32 Å². The summed E-state index contributed by atoms with van der Waals surface area (Å²) in [5.74, 6) is -0.957. The Hall–Kier alpha value is -1.40. The maximum absolute atomic E-state index is 11.7. The van der Waals surface area contributed by atoms with E-state index in [1.165, 1.54) is 12.1 Å². The van der Waals surface area contributed by atoms with Gasteiger partial charge >= 0.3 is 5.97 Å². The monoisotopic (exact) mass is 311 g/mol. The van der Waals surface area contributed by atoms with Gasteiger partial charge in [0.1, 0.15) is 5.54 Å². The summed E-state index contributed by atoms with van der Waals surface area (Å²) in [4.78, 5) is 11.9. The van der Waals surface area contributed by atoms with Crippen LogP contribution in [-0.4, -0.2) is 31.8 Å². The quantitative estimate of drug-likeness (QED) is 0.868. The lowest BCUT2D eigenvalue weighted by Crippen LogP contribution is -2.50. The minimum atomic E-state index is -3.28. The minimum Gasteiger partial charge on any atom is -0.480 e. The van der Waals surface area contributed by atoms with Crippen molar-refractivity contribution in [1.82, 2.24) is 5.32 Å². The first-order valence-corrected chi connectivity index (χ1v) is 8.94. The first-order valence-electron chi connectivity index (χ1n) is 7.05. The number of hydrogen-bond acceptors (Lipinski definition) is 4. The zero-order valence-electron chi connectivity index (χ0n) is 12.3. The van der Waals surface area contributed by atoms with Crippen molar-refractivity contribution in [3.63, 3.8) is 0 Å². The number of rotatable bonds is 5. The van der Waals surface area contributed by atoms with Crippen LogP contribution in [0.15, 0.2) is 29.2 Å². The van der Waals surface area contributed by atoms with Gasteiger partial charge < -0.3 is 5.11 Å². The molecule has 0 bridgehead atoms. The average molecular weight is 311 g/mol. The second-order valence-electron chi connectivity index (χ2n) is 5.85. The lowest BCUT2D eigenvalue weighted by atomic mass is 9.91. The van der Waals surface area contributed by atoms with Crippen LogP contribution in [-0.2, 0) is 20.2 Å². The highest BCUT2D eigenvalue weighted by Gasteiger charge is 2.37. The highest BCUT2D eigenvalue weighted by Crippen LogP contribution is 2.27. The largest absolute Gasteiger partial charge is 0.480 e. The Morgan fingerprint density at radius 3 is 2.19 bits per heavy atom. The third-order valence-electron chi connectivity index (χ3n) is 4.14. The van der Waals surface area contributed by atoms with Crippen LogP contribution in [0.2, 0.25) is 0 Å². The SMILES string of the molecule is CC(NC1CCCC1)(C(=O)O)c1ccc(S(C)(=O)=O)cc1. The van der Waals surface area contributed by atoms with Gasteiger partial charge in [-0.25, -0.2) is 13.2 Å². The molecule has 1 aromatic rings. The van der Waals surface area contributed by atoms with E-state index in [0.717, 1.165) is 31.9 Å². The first-order chi connectivity index (χ1) is 9.73. The summed E-state index contributed by atoms with van der Waals surface area (Å²) in [5, 5.41) is 12.8. The normalized spacial score (nSPS) is 19.3. The highest BCUT2D eigenvalue weighted by atomic mass is 32.2. The molecule has 0 radical (unpaired) electrons. The van der Waals surface area contributed by atoms with Gasteiger partial charge in [0.25, 0.3) is 0 Å². The van der Waals surface area contributed by atoms with Crippen molar-refractivity contribution >= 4 is 15.8 Å². The predicted octanol–water partition coefficient (Wildman–Crippen LogP) is 1.92. The van der Waals surface area contributed by atoms with Crippen LogP contribution in [0.5, 0.6) is 0 Å². The van der Waals surface area contributed by atoms with Crippen LogP contribution in [0, 0.1) is 0 Å². The lowest BCUT2D eigenvalue weighted by Gasteiger charge is -2.30. The summed E-state index contributed by atoms with van der Waals surface area (Å²) < 4.78 is 22.9. The van der Waals surface area contributed by atoms with Crippen molar-refractivity contribution in [3.8, 4) is 0 Å². The van der Waals surface area contributed by atoms with Gasteiger partial charge in [0.2, 0.25) is 0 Å². The van der Waals surface area contributed by atoms with Crippen molar-refractivity contribution in [2.24, 2.45) is 0 Å². The number of carbonyl (C=O) groups is 1. The van der Waals surface area contributed by atoms with Crippen molar-refractivity contribution < 1.29 is 18.3 Å². The van der Waals surface area contributed by atoms with Crippen LogP contribution in [0.25, 0.3) is 0 Å². The zero-order valence-corrected chi connectivity index (χ0v) is 13.1. The van der Waals surface area contributed by atoms with Crippen molar-refractivity contribution in [2.45, 2.75) is 49.1 Å². The molecule has 0 amide bonds. The molecule has 1 unspecified atom stereocenters. The van der Waals surface area contributed by atoms with E-state index in [1.807, 2.05) is 0 Å². The summed E-state index contributed by atoms with van der Waals surface area (Å²) in [5.41, 5.74) is -0.639. The van der Waals surface area contributed by atoms with E-state index in [9.17, 15) is 18.3 Å². The van der Waals surface area contributed by atoms with Gasteiger partial charge in [-0.15, -0.1) is 0 Å². The Morgan fingerprint density at radius 2 is 1.76 bits per heavy atom. The highest BCUT2D eigenvalue weighted by molar-refractivity contribution is 7.90. The number of hydrogen-bond donors (Lipinski definition) is 2. The van der Waals surface area contributed by atoms with Crippen LogP contribution in [0.1, 0.15) is 38.2 Å². The Labute approximate surface area is 125 Å². The number of benzene rings is 1. The van der Waals surface area contributed by atoms with Gasteiger partial charge in [0.05, 0.1) is 4.90 Å². The molecule has 1 aromatic carbocycles. The predicted molar refractivity (Wildman–Crippen MR) is 79.9 cm³/mol. The third-order valence-corrected chi connectivity index (χ3v) is 5.26. The first kappa shape index (κ1) is 16.0. The fourth-order valence-corrected chi connectivity index (χ4v) is 3.41. The summed E-state index contributed by atoms with van der Waals surface area (Å²) in [7, 11) is -3.28. The maximum atomic E-state index is 11.7. The zero-order chi connectivity index (χ0) is 15.7. The molecular weight excluding hydrogens is 290 g/mol. The standard InChI is InChI=1S/C15H21NO4S/c1-15(14(17)18,16-12-5-3-4-6-12)11-7-9-13(10-8-11)21(2,19)20/h7-10,12,16H,3-6H2,1-2H3,(H,17,18). The molecular formula is C15H21NO4S. The number of carboxylic acid groups (broad SMARTS) is 1. The molecule has 1 saturated carbocycles. The van der Waals surface area contributed by atoms with Crippen molar-refractivity contribution in [1.29, 1.82) is 0 Å². The van der Waals surface area contributed by atoms with Gasteiger partial charge in [-0.1, -0.05) is 25.0 Å². The number of sulfone groups is 1. The molecule has 116 valence electrons. The second kappa shape index (κ2) is 5.77. The minimum absolute atomic E-state index is 0.194. The number of nitrogens with one attached hydrogen (secondary N) is 1. The summed E-state index contributed by atoms with van der Waals surface area (Å²) >= 11 is 0. The van der Waals surface area contributed by atoms with E-state index in [0.29, 0.717) is 5.56 Å². The van der Waals surface area contributed by atoms with Crippen molar-refractivity contribution in [3.05, 3.63) is 29.8 Å². The van der Waals surface area contributed by atoms with Crippen LogP contribution in [0.4, 0.5) is 0 Å². The molecule has 0 aromatic heterocycles. The van der Waals surface area contributed by atoms with Crippen molar-refractivity contribution in [2.75, 3.05) is 6.26 Å². The molecule has 1 aliphatic carbocycles. The third kappa shape index (κ3) is 3.44. The summed E-state index contributed by atoms with van der Waals surface area (Å²) in [6.07, 6.45) is 5.31. The Balaban J connectivity index is 2.31. The van der Waals surface area contributed by atoms with Gasteiger partial charge in [-0.2, -0.15) is 0 Å². The molecule has 5 nitrogen and oxygen atoms in total. The van der Waals surface area contributed by atoms with E-state index in [1.54, 1.807) is 19.1 Å². The molecule has 6 heteroatoms. The fraction of sp³-hybridized carbons (Fsp3) is 0.533. The van der Waals surface area contributed by atoms with Gasteiger partial charge in [0.15, 0.2) is 9.84 Å². The molecule has 21 heavy (non-hydrogen) atoms. The molecule has 2 rings (SSSR count). The second-order valence-corrected chi connectivity index (χ2v) is 7.87. The summed E-state index contributed by atoms with van der Waals surface area (Å²) in [6.45, 7) is 1.63. The molecule has 0 saturated heterocycles. The molecule has 0 spiro atoms. The van der Waals surface area contributed by atoms with Crippen LogP contribution >= 0.6 is 0 Å². The Bertz CT molecular complexity index is 618. The van der Waals surface area contributed by atoms with E-state index >= 15 is 0 Å². The van der Waals surface area contributed by atoms with Gasteiger partial charge in [0, 0.05) is 12.3 Å². The fourth-order valence-electron chi connectivity index (χ4n) is 2.78. The van der Waals surface area contributed by atoms with Gasteiger partial charge in [-0.3, -0.25) is 5.32 Å². The van der Waals surface area contributed by atoms with E-state index in [4.69, 9.17) is 0 Å². The Morgan fingerprint density at radius 1 is 1.24 bits per heavy atom. The summed E-state index contributed by atoms with van der Waals surface area (Å²) in [6, 6.07) is 6.27.